The van der Waals surface area contributed by atoms with Gasteiger partial charge in [-0.3, -0.25) is 9.36 Å². The molecule has 0 spiro atoms. The third-order valence-electron chi connectivity index (χ3n) is 3.51. The minimum absolute atomic E-state index is 0.268. The van der Waals surface area contributed by atoms with Crippen LogP contribution in [0.1, 0.15) is 15.9 Å². The summed E-state index contributed by atoms with van der Waals surface area (Å²) in [6.45, 7) is 0.268. The minimum atomic E-state index is -0.514. The normalized spacial score (nSPS) is 10.7. The van der Waals surface area contributed by atoms with Gasteiger partial charge in [-0.1, -0.05) is 12.1 Å². The molecule has 0 aliphatic rings. The van der Waals surface area contributed by atoms with E-state index >= 15 is 0 Å². The topological polar surface area (TPSA) is 61.2 Å². The van der Waals surface area contributed by atoms with E-state index in [0.29, 0.717) is 16.5 Å². The fourth-order valence-corrected chi connectivity index (χ4v) is 2.30. The number of ether oxygens (including phenoxy) is 1. The van der Waals surface area contributed by atoms with Crippen molar-refractivity contribution in [1.29, 1.82) is 0 Å². The standard InChI is InChI=1S/C17H13FN2O3/c1-23-17(22)12-4-7-15-14(8-12)16(21)20(10-19-15)9-11-2-5-13(18)6-3-11/h2-8,10H,9H2,1H3. The highest BCUT2D eigenvalue weighted by atomic mass is 19.1. The highest BCUT2D eigenvalue weighted by Crippen LogP contribution is 2.12. The quantitative estimate of drug-likeness (QED) is 0.697. The Bertz CT molecular complexity index is 933. The van der Waals surface area contributed by atoms with Gasteiger partial charge in [0.15, 0.2) is 0 Å². The Hall–Kier alpha value is -3.02. The number of hydrogen-bond acceptors (Lipinski definition) is 4. The summed E-state index contributed by atoms with van der Waals surface area (Å²) in [5.74, 6) is -0.847. The second-order valence-electron chi connectivity index (χ2n) is 5.03. The fraction of sp³-hybridized carbons (Fsp3) is 0.118. The lowest BCUT2D eigenvalue weighted by Crippen LogP contribution is -2.21. The maximum Gasteiger partial charge on any atom is 0.337 e. The van der Waals surface area contributed by atoms with Crippen LogP contribution >= 0.6 is 0 Å². The Morgan fingerprint density at radius 3 is 2.65 bits per heavy atom. The summed E-state index contributed by atoms with van der Waals surface area (Å²) in [5.41, 5.74) is 1.29. The van der Waals surface area contributed by atoms with Gasteiger partial charge in [-0.15, -0.1) is 0 Å². The largest absolute Gasteiger partial charge is 0.465 e. The second kappa shape index (κ2) is 6.00. The van der Waals surface area contributed by atoms with E-state index in [9.17, 15) is 14.0 Å². The van der Waals surface area contributed by atoms with E-state index in [1.54, 1.807) is 24.3 Å². The van der Waals surface area contributed by atoms with Gasteiger partial charge in [0.25, 0.3) is 5.56 Å². The second-order valence-corrected chi connectivity index (χ2v) is 5.03. The molecule has 0 fully saturated rings. The molecule has 5 nitrogen and oxygen atoms in total. The Labute approximate surface area is 131 Å². The van der Waals surface area contributed by atoms with Crippen LogP contribution in [-0.4, -0.2) is 22.6 Å². The molecule has 1 heterocycles. The number of methoxy groups -OCH3 is 1. The molecule has 6 heteroatoms. The SMILES string of the molecule is COC(=O)c1ccc2ncn(Cc3ccc(F)cc3)c(=O)c2c1. The zero-order valence-corrected chi connectivity index (χ0v) is 12.3. The fourth-order valence-electron chi connectivity index (χ4n) is 2.30. The molecule has 23 heavy (non-hydrogen) atoms. The van der Waals surface area contributed by atoms with Gasteiger partial charge in [-0.2, -0.15) is 0 Å². The van der Waals surface area contributed by atoms with Crippen LogP contribution in [0.25, 0.3) is 10.9 Å². The molecule has 1 aromatic heterocycles. The molecule has 0 aliphatic heterocycles. The maximum absolute atomic E-state index is 12.9. The highest BCUT2D eigenvalue weighted by Gasteiger charge is 2.10. The summed E-state index contributed by atoms with van der Waals surface area (Å²) < 4.78 is 19.0. The number of aromatic nitrogens is 2. The average Bonchev–Trinajstić information content (AvgIpc) is 2.58. The molecule has 0 radical (unpaired) electrons. The van der Waals surface area contributed by atoms with Crippen LogP contribution in [0.4, 0.5) is 4.39 Å². The molecule has 3 rings (SSSR count). The van der Waals surface area contributed by atoms with E-state index in [1.807, 2.05) is 0 Å². The van der Waals surface area contributed by atoms with Crippen LogP contribution < -0.4 is 5.56 Å². The third kappa shape index (κ3) is 2.96. The van der Waals surface area contributed by atoms with Crippen molar-refractivity contribution in [2.24, 2.45) is 0 Å². The molecule has 3 aromatic rings. The summed E-state index contributed by atoms with van der Waals surface area (Å²) in [5, 5.41) is 0.331. The molecule has 0 saturated carbocycles. The molecule has 0 atom stereocenters. The van der Waals surface area contributed by atoms with Crippen molar-refractivity contribution in [3.8, 4) is 0 Å². The first-order chi connectivity index (χ1) is 11.1. The van der Waals surface area contributed by atoms with Crippen molar-refractivity contribution in [2.45, 2.75) is 6.54 Å². The number of benzene rings is 2. The number of esters is 1. The predicted octanol–water partition coefficient (Wildman–Crippen LogP) is 2.37. The van der Waals surface area contributed by atoms with E-state index in [0.717, 1.165) is 5.56 Å². The van der Waals surface area contributed by atoms with E-state index in [1.165, 1.54) is 36.2 Å². The molecule has 116 valence electrons. The molecule has 0 amide bonds. The lowest BCUT2D eigenvalue weighted by atomic mass is 10.1. The number of carbonyl (C=O) groups is 1. The van der Waals surface area contributed by atoms with Crippen LogP contribution in [0.3, 0.4) is 0 Å². The Morgan fingerprint density at radius 2 is 1.96 bits per heavy atom. The van der Waals surface area contributed by atoms with Crippen LogP contribution in [0, 0.1) is 5.82 Å². The average molecular weight is 312 g/mol. The van der Waals surface area contributed by atoms with E-state index < -0.39 is 5.97 Å². The minimum Gasteiger partial charge on any atom is -0.465 e. The van der Waals surface area contributed by atoms with Gasteiger partial charge in [0, 0.05) is 0 Å². The van der Waals surface area contributed by atoms with Gasteiger partial charge in [-0.25, -0.2) is 14.2 Å². The number of nitrogens with zero attached hydrogens (tertiary/aromatic N) is 2. The van der Waals surface area contributed by atoms with E-state index in [2.05, 4.69) is 9.72 Å². The van der Waals surface area contributed by atoms with Gasteiger partial charge in [-0.05, 0) is 35.9 Å². The number of rotatable bonds is 3. The van der Waals surface area contributed by atoms with Crippen molar-refractivity contribution in [2.75, 3.05) is 7.11 Å². The summed E-state index contributed by atoms with van der Waals surface area (Å²) in [6, 6.07) is 10.5. The summed E-state index contributed by atoms with van der Waals surface area (Å²) in [6.07, 6.45) is 1.44. The first-order valence-corrected chi connectivity index (χ1v) is 6.90. The molecular formula is C17H13FN2O3. The van der Waals surface area contributed by atoms with Crippen LogP contribution in [0.15, 0.2) is 53.6 Å². The lowest BCUT2D eigenvalue weighted by Gasteiger charge is -2.07. The molecule has 0 saturated heterocycles. The number of fused-ring (bicyclic) bond motifs is 1. The molecule has 2 aromatic carbocycles. The number of carbonyl (C=O) groups excluding carboxylic acids is 1. The zero-order chi connectivity index (χ0) is 16.4. The smallest absolute Gasteiger partial charge is 0.337 e. The molecule has 0 aliphatic carbocycles. The van der Waals surface area contributed by atoms with Crippen molar-refractivity contribution < 1.29 is 13.9 Å². The molecular weight excluding hydrogens is 299 g/mol. The van der Waals surface area contributed by atoms with Gasteiger partial charge >= 0.3 is 5.97 Å². The van der Waals surface area contributed by atoms with Crippen LogP contribution in [-0.2, 0) is 11.3 Å². The number of hydrogen-bond donors (Lipinski definition) is 0. The number of halogens is 1. The predicted molar refractivity (Wildman–Crippen MR) is 82.8 cm³/mol. The van der Waals surface area contributed by atoms with Crippen molar-refractivity contribution in [1.82, 2.24) is 9.55 Å². The molecule has 0 unspecified atom stereocenters. The first kappa shape index (κ1) is 14.9. The summed E-state index contributed by atoms with van der Waals surface area (Å²) in [7, 11) is 1.28. The summed E-state index contributed by atoms with van der Waals surface area (Å²) >= 11 is 0. The third-order valence-corrected chi connectivity index (χ3v) is 3.51. The van der Waals surface area contributed by atoms with Crippen molar-refractivity contribution >= 4 is 16.9 Å². The van der Waals surface area contributed by atoms with E-state index in [-0.39, 0.29) is 17.9 Å². The van der Waals surface area contributed by atoms with Crippen molar-refractivity contribution in [3.05, 3.63) is 76.1 Å². The van der Waals surface area contributed by atoms with Gasteiger partial charge < -0.3 is 4.74 Å². The lowest BCUT2D eigenvalue weighted by molar-refractivity contribution is 0.0601. The van der Waals surface area contributed by atoms with Gasteiger partial charge in [0.2, 0.25) is 0 Å². The Balaban J connectivity index is 2.04. The summed E-state index contributed by atoms with van der Waals surface area (Å²) in [4.78, 5) is 28.4. The Morgan fingerprint density at radius 1 is 1.22 bits per heavy atom. The van der Waals surface area contributed by atoms with Gasteiger partial charge in [0.1, 0.15) is 5.82 Å². The molecule has 0 N–H and O–H groups in total. The maximum atomic E-state index is 12.9. The van der Waals surface area contributed by atoms with E-state index in [4.69, 9.17) is 0 Å². The highest BCUT2D eigenvalue weighted by molar-refractivity contribution is 5.94. The van der Waals surface area contributed by atoms with Crippen LogP contribution in [0.5, 0.6) is 0 Å². The Kier molecular flexibility index (Phi) is 3.89. The van der Waals surface area contributed by atoms with Crippen molar-refractivity contribution in [3.63, 3.8) is 0 Å². The monoisotopic (exact) mass is 312 g/mol. The zero-order valence-electron chi connectivity index (χ0n) is 12.3. The van der Waals surface area contributed by atoms with Crippen LogP contribution in [0.2, 0.25) is 0 Å². The molecule has 0 bridgehead atoms. The van der Waals surface area contributed by atoms with Gasteiger partial charge in [0.05, 0.1) is 36.4 Å². The first-order valence-electron chi connectivity index (χ1n) is 6.90.